The third-order valence-corrected chi connectivity index (χ3v) is 1.79. The zero-order valence-corrected chi connectivity index (χ0v) is 9.78. The van der Waals surface area contributed by atoms with Gasteiger partial charge in [0.2, 0.25) is 0 Å². The van der Waals surface area contributed by atoms with Crippen LogP contribution in [-0.2, 0) is 4.74 Å². The topological polar surface area (TPSA) is 78.8 Å². The highest BCUT2D eigenvalue weighted by Crippen LogP contribution is 2.07. The fraction of sp³-hybridized carbons (Fsp3) is 0.900. The zero-order chi connectivity index (χ0) is 12.1. The average molecular weight is 219 g/mol. The van der Waals surface area contributed by atoms with Crippen molar-refractivity contribution in [3.63, 3.8) is 0 Å². The summed E-state index contributed by atoms with van der Waals surface area (Å²) in [6, 6.07) is -0.482. The molecule has 0 aromatic carbocycles. The molecule has 0 saturated heterocycles. The van der Waals surface area contributed by atoms with E-state index < -0.39 is 23.8 Å². The lowest BCUT2D eigenvalue weighted by Crippen LogP contribution is -2.46. The minimum absolute atomic E-state index is 0.381. The van der Waals surface area contributed by atoms with Crippen LogP contribution in [0, 0.1) is 0 Å². The standard InChI is InChI=1S/C10H21NO4/c1-5-7(8(13)6-12)11-9(14)15-10(2,3)4/h7-8,12-13H,5-6H2,1-4H3,(H,11,14)/t7-,8-/m1/s1. The van der Waals surface area contributed by atoms with E-state index in [1.807, 2.05) is 0 Å². The lowest BCUT2D eigenvalue weighted by Gasteiger charge is -2.25. The third-order valence-electron chi connectivity index (χ3n) is 1.79. The van der Waals surface area contributed by atoms with E-state index in [0.717, 1.165) is 0 Å². The number of ether oxygens (including phenoxy) is 1. The van der Waals surface area contributed by atoms with Crippen molar-refractivity contribution < 1.29 is 19.7 Å². The molecule has 0 heterocycles. The van der Waals surface area contributed by atoms with Gasteiger partial charge >= 0.3 is 6.09 Å². The first-order chi connectivity index (χ1) is 6.80. The first kappa shape index (κ1) is 14.2. The van der Waals surface area contributed by atoms with E-state index in [4.69, 9.17) is 9.84 Å². The van der Waals surface area contributed by atoms with Crippen molar-refractivity contribution in [1.29, 1.82) is 0 Å². The van der Waals surface area contributed by atoms with Crippen LogP contribution in [0.15, 0.2) is 0 Å². The second kappa shape index (κ2) is 5.92. The van der Waals surface area contributed by atoms with Crippen LogP contribution < -0.4 is 5.32 Å². The number of carbonyl (C=O) groups is 1. The number of hydrogen-bond acceptors (Lipinski definition) is 4. The molecule has 0 saturated carbocycles. The summed E-state index contributed by atoms with van der Waals surface area (Å²) in [5.41, 5.74) is -0.563. The molecule has 0 rings (SSSR count). The zero-order valence-electron chi connectivity index (χ0n) is 9.78. The van der Waals surface area contributed by atoms with E-state index in [1.54, 1.807) is 27.7 Å². The summed E-state index contributed by atoms with van der Waals surface area (Å²) < 4.78 is 5.02. The molecule has 0 spiro atoms. The number of rotatable bonds is 4. The number of nitrogens with one attached hydrogen (secondary N) is 1. The Labute approximate surface area is 90.4 Å². The van der Waals surface area contributed by atoms with E-state index in [2.05, 4.69) is 5.32 Å². The molecule has 15 heavy (non-hydrogen) atoms. The highest BCUT2D eigenvalue weighted by atomic mass is 16.6. The number of alkyl carbamates (subject to hydrolysis) is 1. The Balaban J connectivity index is 4.13. The van der Waals surface area contributed by atoms with Gasteiger partial charge in [-0.3, -0.25) is 0 Å². The van der Waals surface area contributed by atoms with Gasteiger partial charge in [-0.1, -0.05) is 6.92 Å². The van der Waals surface area contributed by atoms with E-state index in [1.165, 1.54) is 0 Å². The lowest BCUT2D eigenvalue weighted by atomic mass is 10.1. The molecular formula is C10H21NO4. The van der Waals surface area contributed by atoms with E-state index >= 15 is 0 Å². The van der Waals surface area contributed by atoms with Gasteiger partial charge < -0.3 is 20.3 Å². The van der Waals surface area contributed by atoms with Crippen LogP contribution in [-0.4, -0.2) is 40.7 Å². The van der Waals surface area contributed by atoms with Crippen molar-refractivity contribution in [3.8, 4) is 0 Å². The Bertz CT molecular complexity index is 200. The molecule has 0 aliphatic heterocycles. The second-order valence-corrected chi connectivity index (χ2v) is 4.41. The van der Waals surface area contributed by atoms with Crippen molar-refractivity contribution in [2.75, 3.05) is 6.61 Å². The van der Waals surface area contributed by atoms with Crippen molar-refractivity contribution in [2.45, 2.75) is 51.9 Å². The second-order valence-electron chi connectivity index (χ2n) is 4.41. The van der Waals surface area contributed by atoms with Gasteiger partial charge in [0, 0.05) is 0 Å². The summed E-state index contributed by atoms with van der Waals surface area (Å²) in [6.45, 7) is 6.71. The SMILES string of the molecule is CC[C@@H](NC(=O)OC(C)(C)C)[C@H](O)CO. The van der Waals surface area contributed by atoms with Crippen LogP contribution in [0.25, 0.3) is 0 Å². The molecule has 0 aliphatic carbocycles. The van der Waals surface area contributed by atoms with E-state index in [9.17, 15) is 9.90 Å². The Morgan fingerprint density at radius 1 is 1.47 bits per heavy atom. The van der Waals surface area contributed by atoms with Crippen LogP contribution in [0.4, 0.5) is 4.79 Å². The Kier molecular flexibility index (Phi) is 5.60. The van der Waals surface area contributed by atoms with Gasteiger partial charge in [0.05, 0.1) is 18.8 Å². The molecule has 5 nitrogen and oxygen atoms in total. The van der Waals surface area contributed by atoms with Crippen molar-refractivity contribution in [1.82, 2.24) is 5.32 Å². The van der Waals surface area contributed by atoms with Crippen LogP contribution >= 0.6 is 0 Å². The maximum absolute atomic E-state index is 11.3. The molecule has 3 N–H and O–H groups in total. The van der Waals surface area contributed by atoms with Crippen molar-refractivity contribution >= 4 is 6.09 Å². The molecule has 0 radical (unpaired) electrons. The van der Waals surface area contributed by atoms with Gasteiger partial charge in [0.25, 0.3) is 0 Å². The fourth-order valence-corrected chi connectivity index (χ4v) is 1.06. The van der Waals surface area contributed by atoms with Gasteiger partial charge in [0.15, 0.2) is 0 Å². The highest BCUT2D eigenvalue weighted by Gasteiger charge is 2.22. The van der Waals surface area contributed by atoms with E-state index in [0.29, 0.717) is 6.42 Å². The van der Waals surface area contributed by atoms with Crippen molar-refractivity contribution in [2.24, 2.45) is 0 Å². The summed E-state index contributed by atoms with van der Waals surface area (Å²) >= 11 is 0. The highest BCUT2D eigenvalue weighted by molar-refractivity contribution is 5.68. The maximum Gasteiger partial charge on any atom is 0.407 e. The van der Waals surface area contributed by atoms with Crippen LogP contribution in [0.2, 0.25) is 0 Å². The maximum atomic E-state index is 11.3. The van der Waals surface area contributed by atoms with Crippen LogP contribution in [0.3, 0.4) is 0 Å². The molecular weight excluding hydrogens is 198 g/mol. The quantitative estimate of drug-likeness (QED) is 0.648. The summed E-state index contributed by atoms with van der Waals surface area (Å²) in [4.78, 5) is 11.3. The minimum Gasteiger partial charge on any atom is -0.444 e. The van der Waals surface area contributed by atoms with Gasteiger partial charge in [-0.25, -0.2) is 4.79 Å². The summed E-state index contributed by atoms with van der Waals surface area (Å²) in [5.74, 6) is 0. The van der Waals surface area contributed by atoms with Crippen LogP contribution in [0.5, 0.6) is 0 Å². The Morgan fingerprint density at radius 2 is 2.00 bits per heavy atom. The molecule has 0 aliphatic rings. The smallest absolute Gasteiger partial charge is 0.407 e. The molecule has 0 unspecified atom stereocenters. The largest absolute Gasteiger partial charge is 0.444 e. The molecule has 0 fully saturated rings. The predicted molar refractivity (Wildman–Crippen MR) is 56.5 cm³/mol. The third kappa shape index (κ3) is 6.30. The normalized spacial score (nSPS) is 15.6. The predicted octanol–water partition coefficient (Wildman–Crippen LogP) is 0.643. The molecule has 0 bridgehead atoms. The monoisotopic (exact) mass is 219 g/mol. The van der Waals surface area contributed by atoms with Gasteiger partial charge in [0.1, 0.15) is 5.60 Å². The van der Waals surface area contributed by atoms with Gasteiger partial charge in [-0.05, 0) is 27.2 Å². The molecule has 0 aromatic heterocycles. The molecule has 1 amide bonds. The molecule has 2 atom stereocenters. The number of carbonyl (C=O) groups excluding carboxylic acids is 1. The number of amides is 1. The fourth-order valence-electron chi connectivity index (χ4n) is 1.06. The average Bonchev–Trinajstić information content (AvgIpc) is 2.10. The van der Waals surface area contributed by atoms with Crippen LogP contribution in [0.1, 0.15) is 34.1 Å². The van der Waals surface area contributed by atoms with Gasteiger partial charge in [-0.2, -0.15) is 0 Å². The Hall–Kier alpha value is -0.810. The first-order valence-electron chi connectivity index (χ1n) is 5.08. The molecule has 90 valence electrons. The summed E-state index contributed by atoms with van der Waals surface area (Å²) in [7, 11) is 0. The summed E-state index contributed by atoms with van der Waals surface area (Å²) in [6.07, 6.45) is -1.01. The summed E-state index contributed by atoms with van der Waals surface area (Å²) in [5, 5.41) is 20.6. The molecule has 0 aromatic rings. The number of hydrogen-bond donors (Lipinski definition) is 3. The molecule has 5 heteroatoms. The Morgan fingerprint density at radius 3 is 2.33 bits per heavy atom. The van der Waals surface area contributed by atoms with Gasteiger partial charge in [-0.15, -0.1) is 0 Å². The van der Waals surface area contributed by atoms with Crippen molar-refractivity contribution in [3.05, 3.63) is 0 Å². The lowest BCUT2D eigenvalue weighted by molar-refractivity contribution is 0.0313. The number of aliphatic hydroxyl groups excluding tert-OH is 2. The first-order valence-corrected chi connectivity index (χ1v) is 5.08. The number of aliphatic hydroxyl groups is 2. The minimum atomic E-state index is -0.956. The van der Waals surface area contributed by atoms with E-state index in [-0.39, 0.29) is 6.61 Å².